The van der Waals surface area contributed by atoms with Gasteiger partial charge in [0.15, 0.2) is 5.82 Å². The van der Waals surface area contributed by atoms with Gasteiger partial charge in [-0.15, -0.1) is 11.6 Å². The minimum atomic E-state index is 0.131. The van der Waals surface area contributed by atoms with Crippen LogP contribution in [-0.2, 0) is 4.79 Å². The molecule has 1 aliphatic rings. The molecule has 1 aromatic heterocycles. The zero-order chi connectivity index (χ0) is 12.4. The van der Waals surface area contributed by atoms with Gasteiger partial charge >= 0.3 is 0 Å². The molecular weight excluding hydrogens is 238 g/mol. The second-order valence-electron chi connectivity index (χ2n) is 4.47. The molecule has 92 valence electrons. The Morgan fingerprint density at radius 2 is 2.35 bits per heavy atom. The van der Waals surface area contributed by atoms with Crippen LogP contribution < -0.4 is 9.80 Å². The summed E-state index contributed by atoms with van der Waals surface area (Å²) in [7, 11) is 3.84. The van der Waals surface area contributed by atoms with Gasteiger partial charge < -0.3 is 9.80 Å². The third-order valence-electron chi connectivity index (χ3n) is 2.90. The summed E-state index contributed by atoms with van der Waals surface area (Å²) >= 11 is 5.82. The summed E-state index contributed by atoms with van der Waals surface area (Å²) in [5.41, 5.74) is 0.870. The number of aromatic nitrogens is 1. The topological polar surface area (TPSA) is 36.4 Å². The molecule has 1 saturated heterocycles. The average Bonchev–Trinajstić information content (AvgIpc) is 2.70. The van der Waals surface area contributed by atoms with Crippen molar-refractivity contribution in [3.8, 4) is 0 Å². The van der Waals surface area contributed by atoms with Gasteiger partial charge in [0.1, 0.15) is 0 Å². The molecule has 2 rings (SSSR count). The van der Waals surface area contributed by atoms with E-state index in [4.69, 9.17) is 11.6 Å². The quantitative estimate of drug-likeness (QED) is 0.770. The van der Waals surface area contributed by atoms with Gasteiger partial charge in [0, 0.05) is 39.1 Å². The molecule has 2 heterocycles. The maximum absolute atomic E-state index is 11.9. The molecule has 0 N–H and O–H groups in total. The summed E-state index contributed by atoms with van der Waals surface area (Å²) in [5, 5.41) is 0. The van der Waals surface area contributed by atoms with Crippen molar-refractivity contribution in [1.29, 1.82) is 0 Å². The lowest BCUT2D eigenvalue weighted by Crippen LogP contribution is -2.27. The molecule has 0 radical (unpaired) electrons. The molecule has 0 spiro atoms. The normalized spacial score (nSPS) is 19.8. The lowest BCUT2D eigenvalue weighted by atomic mass is 10.1. The number of halogens is 1. The Labute approximate surface area is 106 Å². The zero-order valence-corrected chi connectivity index (χ0v) is 10.8. The van der Waals surface area contributed by atoms with Crippen LogP contribution in [0.4, 0.5) is 11.5 Å². The molecule has 0 aromatic carbocycles. The fourth-order valence-corrected chi connectivity index (χ4v) is 2.27. The van der Waals surface area contributed by atoms with E-state index in [9.17, 15) is 4.79 Å². The Kier molecular flexibility index (Phi) is 3.52. The molecule has 1 atom stereocenters. The number of anilines is 2. The predicted molar refractivity (Wildman–Crippen MR) is 69.7 cm³/mol. The van der Waals surface area contributed by atoms with E-state index in [1.165, 1.54) is 0 Å². The van der Waals surface area contributed by atoms with Gasteiger partial charge in [0.25, 0.3) is 0 Å². The minimum Gasteiger partial charge on any atom is -0.361 e. The Morgan fingerprint density at radius 1 is 1.59 bits per heavy atom. The summed E-state index contributed by atoms with van der Waals surface area (Å²) < 4.78 is 0. The van der Waals surface area contributed by atoms with Crippen molar-refractivity contribution in [2.75, 3.05) is 36.3 Å². The Hall–Kier alpha value is -1.29. The highest BCUT2D eigenvalue weighted by atomic mass is 35.5. The second kappa shape index (κ2) is 4.92. The van der Waals surface area contributed by atoms with Crippen molar-refractivity contribution < 1.29 is 4.79 Å². The molecule has 1 fully saturated rings. The molecule has 0 bridgehead atoms. The predicted octanol–water partition coefficient (Wildman–Crippen LogP) is 1.74. The summed E-state index contributed by atoms with van der Waals surface area (Å²) in [6, 6.07) is 3.78. The fourth-order valence-electron chi connectivity index (χ4n) is 2.06. The standard InChI is InChI=1S/C12H16ClN3O/c1-15(2)12-10(4-3-5-14-12)16-8-9(7-13)6-11(16)17/h3-5,9H,6-8H2,1-2H3. The molecule has 5 heteroatoms. The summed E-state index contributed by atoms with van der Waals surface area (Å²) in [4.78, 5) is 19.9. The summed E-state index contributed by atoms with van der Waals surface area (Å²) in [6.45, 7) is 0.689. The number of carbonyl (C=O) groups is 1. The van der Waals surface area contributed by atoms with Crippen LogP contribution in [0.2, 0.25) is 0 Å². The van der Waals surface area contributed by atoms with Crippen molar-refractivity contribution in [2.45, 2.75) is 6.42 Å². The monoisotopic (exact) mass is 253 g/mol. The van der Waals surface area contributed by atoms with Crippen LogP contribution >= 0.6 is 11.6 Å². The minimum absolute atomic E-state index is 0.131. The van der Waals surface area contributed by atoms with Gasteiger partial charge in [-0.2, -0.15) is 0 Å². The van der Waals surface area contributed by atoms with Crippen molar-refractivity contribution in [3.05, 3.63) is 18.3 Å². The van der Waals surface area contributed by atoms with Crippen molar-refractivity contribution in [1.82, 2.24) is 4.98 Å². The number of hydrogen-bond donors (Lipinski definition) is 0. The van der Waals surface area contributed by atoms with Gasteiger partial charge in [-0.05, 0) is 18.1 Å². The maximum Gasteiger partial charge on any atom is 0.227 e. The molecule has 17 heavy (non-hydrogen) atoms. The zero-order valence-electron chi connectivity index (χ0n) is 10.1. The second-order valence-corrected chi connectivity index (χ2v) is 4.78. The smallest absolute Gasteiger partial charge is 0.227 e. The van der Waals surface area contributed by atoms with Crippen LogP contribution in [0.5, 0.6) is 0 Å². The van der Waals surface area contributed by atoms with E-state index >= 15 is 0 Å². The number of hydrogen-bond acceptors (Lipinski definition) is 3. The van der Waals surface area contributed by atoms with Gasteiger partial charge in [-0.3, -0.25) is 4.79 Å². The van der Waals surface area contributed by atoms with E-state index in [1.807, 2.05) is 31.1 Å². The molecule has 4 nitrogen and oxygen atoms in total. The van der Waals surface area contributed by atoms with Crippen LogP contribution in [-0.4, -0.2) is 37.4 Å². The van der Waals surface area contributed by atoms with Crippen LogP contribution in [0.25, 0.3) is 0 Å². The molecule has 1 unspecified atom stereocenters. The maximum atomic E-state index is 11.9. The van der Waals surface area contributed by atoms with Gasteiger partial charge in [-0.25, -0.2) is 4.98 Å². The number of carbonyl (C=O) groups excluding carboxylic acids is 1. The number of amides is 1. The van der Waals surface area contributed by atoms with Crippen LogP contribution in [0, 0.1) is 5.92 Å². The lowest BCUT2D eigenvalue weighted by Gasteiger charge is -2.22. The van der Waals surface area contributed by atoms with Crippen LogP contribution in [0.15, 0.2) is 18.3 Å². The Bertz CT molecular complexity index is 422. The molecule has 1 aliphatic heterocycles. The van der Waals surface area contributed by atoms with Crippen LogP contribution in [0.3, 0.4) is 0 Å². The van der Waals surface area contributed by atoms with Gasteiger partial charge in [0.05, 0.1) is 5.69 Å². The molecular formula is C12H16ClN3O. The van der Waals surface area contributed by atoms with E-state index in [0.717, 1.165) is 11.5 Å². The van der Waals surface area contributed by atoms with Gasteiger partial charge in [-0.1, -0.05) is 0 Å². The summed E-state index contributed by atoms with van der Waals surface area (Å²) in [6.07, 6.45) is 2.27. The largest absolute Gasteiger partial charge is 0.361 e. The van der Waals surface area contributed by atoms with E-state index in [2.05, 4.69) is 4.98 Å². The van der Waals surface area contributed by atoms with E-state index in [1.54, 1.807) is 11.1 Å². The van der Waals surface area contributed by atoms with Gasteiger partial charge in [0.2, 0.25) is 5.91 Å². The van der Waals surface area contributed by atoms with Crippen molar-refractivity contribution in [3.63, 3.8) is 0 Å². The number of alkyl halides is 1. The van der Waals surface area contributed by atoms with Crippen LogP contribution in [0.1, 0.15) is 6.42 Å². The van der Waals surface area contributed by atoms with E-state index in [0.29, 0.717) is 18.8 Å². The van der Waals surface area contributed by atoms with Crippen molar-refractivity contribution >= 4 is 29.0 Å². The molecule has 0 aliphatic carbocycles. The highest BCUT2D eigenvalue weighted by Crippen LogP contribution is 2.31. The van der Waals surface area contributed by atoms with E-state index < -0.39 is 0 Å². The first-order chi connectivity index (χ1) is 8.13. The highest BCUT2D eigenvalue weighted by molar-refractivity contribution is 6.18. The average molecular weight is 254 g/mol. The molecule has 1 aromatic rings. The lowest BCUT2D eigenvalue weighted by molar-refractivity contribution is -0.117. The third-order valence-corrected chi connectivity index (χ3v) is 3.34. The first-order valence-corrected chi connectivity index (χ1v) is 6.15. The highest BCUT2D eigenvalue weighted by Gasteiger charge is 2.31. The third kappa shape index (κ3) is 2.36. The Balaban J connectivity index is 2.31. The number of pyridine rings is 1. The first kappa shape index (κ1) is 12.2. The SMILES string of the molecule is CN(C)c1ncccc1N1CC(CCl)CC1=O. The Morgan fingerprint density at radius 3 is 2.94 bits per heavy atom. The number of nitrogens with zero attached hydrogens (tertiary/aromatic N) is 3. The number of rotatable bonds is 3. The molecule has 0 saturated carbocycles. The fraction of sp³-hybridized carbons (Fsp3) is 0.500. The molecule has 1 amide bonds. The van der Waals surface area contributed by atoms with Crippen molar-refractivity contribution in [2.24, 2.45) is 5.92 Å². The first-order valence-electron chi connectivity index (χ1n) is 5.62. The summed E-state index contributed by atoms with van der Waals surface area (Å²) in [5.74, 6) is 1.72. The van der Waals surface area contributed by atoms with E-state index in [-0.39, 0.29) is 11.8 Å².